The Morgan fingerprint density at radius 3 is 2.65 bits per heavy atom. The molecule has 0 amide bonds. The normalized spacial score (nSPS) is 16.6. The van der Waals surface area contributed by atoms with Crippen LogP contribution in [-0.2, 0) is 6.54 Å². The fourth-order valence-electron chi connectivity index (χ4n) is 1.98. The Hall–Kier alpha value is -1.45. The summed E-state index contributed by atoms with van der Waals surface area (Å²) >= 11 is 0. The van der Waals surface area contributed by atoms with E-state index < -0.39 is 0 Å². The van der Waals surface area contributed by atoms with Crippen molar-refractivity contribution < 1.29 is 0 Å². The second-order valence-electron chi connectivity index (χ2n) is 4.60. The van der Waals surface area contributed by atoms with E-state index in [1.165, 1.54) is 19.3 Å². The van der Waals surface area contributed by atoms with Crippen LogP contribution in [0.25, 0.3) is 0 Å². The lowest BCUT2D eigenvalue weighted by Crippen LogP contribution is -2.41. The van der Waals surface area contributed by atoms with Crippen LogP contribution in [0, 0.1) is 5.92 Å². The van der Waals surface area contributed by atoms with Crippen molar-refractivity contribution in [2.45, 2.75) is 25.8 Å². The number of aromatic nitrogens is 1. The van der Waals surface area contributed by atoms with E-state index in [-0.39, 0.29) is 0 Å². The molecule has 1 aliphatic carbocycles. The topological polar surface area (TPSA) is 41.4 Å². The van der Waals surface area contributed by atoms with Gasteiger partial charge in [0.15, 0.2) is 5.96 Å². The number of hydrogen-bond donors (Lipinski definition) is 2. The van der Waals surface area contributed by atoms with E-state index >= 15 is 0 Å². The zero-order chi connectivity index (χ0) is 11.9. The molecule has 4 nitrogen and oxygen atoms in total. The summed E-state index contributed by atoms with van der Waals surface area (Å²) in [4.78, 5) is 4.22. The summed E-state index contributed by atoms with van der Waals surface area (Å²) in [6, 6.07) is 4.09. The summed E-state index contributed by atoms with van der Waals surface area (Å²) in [6.45, 7) is 2.93. The minimum Gasteiger partial charge on any atom is -0.356 e. The molecule has 0 aliphatic heterocycles. The molecule has 1 aromatic rings. The summed E-state index contributed by atoms with van der Waals surface area (Å²) in [5.74, 6) is 1.78. The van der Waals surface area contributed by atoms with Gasteiger partial charge in [-0.3, -0.25) is 4.99 Å². The molecule has 1 heterocycles. The summed E-state index contributed by atoms with van der Waals surface area (Å²) in [5.41, 5.74) is 0. The van der Waals surface area contributed by atoms with E-state index in [1.54, 1.807) is 0 Å². The smallest absolute Gasteiger partial charge is 0.191 e. The van der Waals surface area contributed by atoms with Gasteiger partial charge in [0, 0.05) is 39.1 Å². The van der Waals surface area contributed by atoms with Gasteiger partial charge in [-0.1, -0.05) is 6.42 Å². The van der Waals surface area contributed by atoms with Gasteiger partial charge in [0.2, 0.25) is 0 Å². The average molecular weight is 234 g/mol. The summed E-state index contributed by atoms with van der Waals surface area (Å²) in [5, 5.41) is 6.71. The second kappa shape index (κ2) is 6.33. The fraction of sp³-hybridized carbons (Fsp3) is 0.615. The Balaban J connectivity index is 1.61. The molecule has 2 N–H and O–H groups in total. The summed E-state index contributed by atoms with van der Waals surface area (Å²) in [6.07, 6.45) is 8.28. The third-order valence-electron chi connectivity index (χ3n) is 3.34. The zero-order valence-corrected chi connectivity index (χ0v) is 10.5. The number of rotatable bonds is 5. The predicted molar refractivity (Wildman–Crippen MR) is 71.1 cm³/mol. The van der Waals surface area contributed by atoms with Gasteiger partial charge in [0.25, 0.3) is 0 Å². The van der Waals surface area contributed by atoms with E-state index in [1.807, 2.05) is 19.2 Å². The van der Waals surface area contributed by atoms with Gasteiger partial charge in [0.1, 0.15) is 0 Å². The fourth-order valence-corrected chi connectivity index (χ4v) is 1.98. The lowest BCUT2D eigenvalue weighted by molar-refractivity contribution is 0.314. The van der Waals surface area contributed by atoms with Gasteiger partial charge in [-0.2, -0.15) is 0 Å². The van der Waals surface area contributed by atoms with Crippen LogP contribution in [0.2, 0.25) is 0 Å². The molecule has 4 heteroatoms. The van der Waals surface area contributed by atoms with E-state index in [9.17, 15) is 0 Å². The SMILES string of the molecule is CN=C(NCCn1cccc1)NCC1CCC1. The highest BCUT2D eigenvalue weighted by Crippen LogP contribution is 2.24. The van der Waals surface area contributed by atoms with Gasteiger partial charge in [-0.05, 0) is 30.9 Å². The lowest BCUT2D eigenvalue weighted by Gasteiger charge is -2.26. The second-order valence-corrected chi connectivity index (χ2v) is 4.60. The minimum atomic E-state index is 0.859. The van der Waals surface area contributed by atoms with Gasteiger partial charge in [-0.25, -0.2) is 0 Å². The first-order valence-electron chi connectivity index (χ1n) is 6.44. The summed E-state index contributed by atoms with van der Waals surface area (Å²) in [7, 11) is 1.83. The Morgan fingerprint density at radius 1 is 1.29 bits per heavy atom. The van der Waals surface area contributed by atoms with Crippen molar-refractivity contribution >= 4 is 5.96 Å². The van der Waals surface area contributed by atoms with E-state index in [0.29, 0.717) is 0 Å². The number of nitrogens with one attached hydrogen (secondary N) is 2. The number of hydrogen-bond acceptors (Lipinski definition) is 1. The first-order valence-corrected chi connectivity index (χ1v) is 6.44. The maximum absolute atomic E-state index is 4.22. The molecule has 94 valence electrons. The zero-order valence-electron chi connectivity index (χ0n) is 10.5. The van der Waals surface area contributed by atoms with Gasteiger partial charge >= 0.3 is 0 Å². The molecule has 0 spiro atoms. The third-order valence-corrected chi connectivity index (χ3v) is 3.34. The predicted octanol–water partition coefficient (Wildman–Crippen LogP) is 1.45. The minimum absolute atomic E-state index is 0.859. The van der Waals surface area contributed by atoms with Crippen molar-refractivity contribution in [2.24, 2.45) is 10.9 Å². The third kappa shape index (κ3) is 3.80. The Labute approximate surface area is 103 Å². The largest absolute Gasteiger partial charge is 0.356 e. The van der Waals surface area contributed by atoms with Crippen LogP contribution in [0.4, 0.5) is 0 Å². The van der Waals surface area contributed by atoms with Crippen LogP contribution in [0.5, 0.6) is 0 Å². The van der Waals surface area contributed by atoms with Gasteiger partial charge in [0.05, 0.1) is 0 Å². The van der Waals surface area contributed by atoms with E-state index in [0.717, 1.165) is 31.5 Å². The molecule has 17 heavy (non-hydrogen) atoms. The lowest BCUT2D eigenvalue weighted by atomic mass is 9.85. The van der Waals surface area contributed by atoms with Crippen LogP contribution >= 0.6 is 0 Å². The monoisotopic (exact) mass is 234 g/mol. The molecular formula is C13H22N4. The Bertz CT molecular complexity index is 338. The van der Waals surface area contributed by atoms with Crippen molar-refractivity contribution in [3.8, 4) is 0 Å². The first kappa shape index (κ1) is 12.0. The maximum Gasteiger partial charge on any atom is 0.191 e. The van der Waals surface area contributed by atoms with Crippen LogP contribution in [0.1, 0.15) is 19.3 Å². The molecule has 1 aliphatic rings. The molecular weight excluding hydrogens is 212 g/mol. The molecule has 0 aromatic carbocycles. The molecule has 1 saturated carbocycles. The van der Waals surface area contributed by atoms with E-state index in [4.69, 9.17) is 0 Å². The highest BCUT2D eigenvalue weighted by Gasteiger charge is 2.16. The van der Waals surface area contributed by atoms with Crippen molar-refractivity contribution in [1.82, 2.24) is 15.2 Å². The number of aliphatic imine (C=N–C) groups is 1. The number of nitrogens with zero attached hydrogens (tertiary/aromatic N) is 2. The Morgan fingerprint density at radius 2 is 2.06 bits per heavy atom. The molecule has 0 bridgehead atoms. The highest BCUT2D eigenvalue weighted by atomic mass is 15.2. The van der Waals surface area contributed by atoms with Gasteiger partial charge < -0.3 is 15.2 Å². The molecule has 2 rings (SSSR count). The quantitative estimate of drug-likeness (QED) is 0.598. The molecule has 1 fully saturated rings. The van der Waals surface area contributed by atoms with Crippen molar-refractivity contribution in [2.75, 3.05) is 20.1 Å². The molecule has 1 aromatic heterocycles. The number of guanidine groups is 1. The van der Waals surface area contributed by atoms with E-state index in [2.05, 4.69) is 32.6 Å². The molecule has 0 saturated heterocycles. The van der Waals surface area contributed by atoms with Crippen molar-refractivity contribution in [1.29, 1.82) is 0 Å². The van der Waals surface area contributed by atoms with Crippen LogP contribution in [-0.4, -0.2) is 30.7 Å². The highest BCUT2D eigenvalue weighted by molar-refractivity contribution is 5.79. The van der Waals surface area contributed by atoms with Crippen LogP contribution in [0.3, 0.4) is 0 Å². The standard InChI is InChI=1S/C13H22N4/c1-14-13(16-11-12-5-4-6-12)15-7-10-17-8-2-3-9-17/h2-3,8-9,12H,4-7,10-11H2,1H3,(H2,14,15,16). The average Bonchev–Trinajstić information content (AvgIpc) is 2.77. The van der Waals surface area contributed by atoms with Crippen LogP contribution in [0.15, 0.2) is 29.5 Å². The van der Waals surface area contributed by atoms with Crippen LogP contribution < -0.4 is 10.6 Å². The maximum atomic E-state index is 4.22. The Kier molecular flexibility index (Phi) is 4.47. The summed E-state index contributed by atoms with van der Waals surface area (Å²) < 4.78 is 2.16. The van der Waals surface area contributed by atoms with Gasteiger partial charge in [-0.15, -0.1) is 0 Å². The molecule has 0 atom stereocenters. The van der Waals surface area contributed by atoms with Crippen molar-refractivity contribution in [3.63, 3.8) is 0 Å². The molecule has 0 unspecified atom stereocenters. The first-order chi connectivity index (χ1) is 8.38. The molecule has 0 radical (unpaired) electrons. The van der Waals surface area contributed by atoms with Crippen molar-refractivity contribution in [3.05, 3.63) is 24.5 Å².